The Balaban J connectivity index is 1.83. The fraction of sp³-hybridized carbons (Fsp3) is 0.0909. The van der Waals surface area contributed by atoms with E-state index in [9.17, 15) is 14.9 Å². The topological polar surface area (TPSA) is 78.0 Å². The molecule has 4 rings (SSSR count). The van der Waals surface area contributed by atoms with Gasteiger partial charge < -0.3 is 0 Å². The van der Waals surface area contributed by atoms with Crippen molar-refractivity contribution >= 4 is 28.4 Å². The van der Waals surface area contributed by atoms with Crippen LogP contribution in [-0.4, -0.2) is 14.5 Å². The van der Waals surface area contributed by atoms with Gasteiger partial charge in [-0.1, -0.05) is 48.2 Å². The molecule has 29 heavy (non-hydrogen) atoms. The zero-order chi connectivity index (χ0) is 20.4. The third-order valence-corrected chi connectivity index (χ3v) is 5.67. The number of nitro groups is 1. The van der Waals surface area contributed by atoms with Crippen molar-refractivity contribution in [2.75, 3.05) is 0 Å². The summed E-state index contributed by atoms with van der Waals surface area (Å²) in [6.07, 6.45) is 0. The normalized spacial score (nSPS) is 10.9. The lowest BCUT2D eigenvalue weighted by atomic mass is 10.1. The van der Waals surface area contributed by atoms with Crippen molar-refractivity contribution in [1.82, 2.24) is 9.55 Å². The van der Waals surface area contributed by atoms with Crippen molar-refractivity contribution in [3.05, 3.63) is 104 Å². The van der Waals surface area contributed by atoms with Crippen molar-refractivity contribution < 1.29 is 4.92 Å². The van der Waals surface area contributed by atoms with E-state index in [1.807, 2.05) is 37.3 Å². The lowest BCUT2D eigenvalue weighted by molar-refractivity contribution is -0.384. The van der Waals surface area contributed by atoms with Gasteiger partial charge in [-0.2, -0.15) is 0 Å². The molecule has 0 aliphatic heterocycles. The number of nitrogens with zero attached hydrogens (tertiary/aromatic N) is 3. The minimum atomic E-state index is -0.459. The molecule has 0 N–H and O–H groups in total. The van der Waals surface area contributed by atoms with Gasteiger partial charge in [0.2, 0.25) is 0 Å². The molecule has 3 aromatic carbocycles. The molecule has 0 amide bonds. The molecule has 0 saturated carbocycles. The standard InChI is InChI=1S/C22H17N3O3S/c1-15-6-2-3-7-16(15)14-29-22-23-20-9-5-4-8-19(20)21(26)24(22)17-10-12-18(13-11-17)25(27)28/h2-13H,14H2,1H3. The van der Waals surface area contributed by atoms with Crippen LogP contribution >= 0.6 is 11.8 Å². The van der Waals surface area contributed by atoms with Gasteiger partial charge in [-0.25, -0.2) is 4.98 Å². The second-order valence-electron chi connectivity index (χ2n) is 6.54. The summed E-state index contributed by atoms with van der Waals surface area (Å²) < 4.78 is 1.52. The summed E-state index contributed by atoms with van der Waals surface area (Å²) in [6, 6.07) is 21.2. The molecule has 4 aromatic rings. The summed E-state index contributed by atoms with van der Waals surface area (Å²) in [4.78, 5) is 28.4. The largest absolute Gasteiger partial charge is 0.269 e. The summed E-state index contributed by atoms with van der Waals surface area (Å²) >= 11 is 1.47. The summed E-state index contributed by atoms with van der Waals surface area (Å²) in [7, 11) is 0. The average Bonchev–Trinajstić information content (AvgIpc) is 2.73. The molecule has 0 saturated heterocycles. The van der Waals surface area contributed by atoms with Gasteiger partial charge in [-0.15, -0.1) is 0 Å². The Morgan fingerprint density at radius 2 is 1.69 bits per heavy atom. The fourth-order valence-electron chi connectivity index (χ4n) is 3.07. The van der Waals surface area contributed by atoms with Crippen LogP contribution in [0.1, 0.15) is 11.1 Å². The molecule has 0 aliphatic carbocycles. The van der Waals surface area contributed by atoms with Crippen molar-refractivity contribution in [2.24, 2.45) is 0 Å². The van der Waals surface area contributed by atoms with Crippen LogP contribution in [0.25, 0.3) is 16.6 Å². The minimum absolute atomic E-state index is 0.0235. The van der Waals surface area contributed by atoms with Crippen LogP contribution in [0.3, 0.4) is 0 Å². The maximum absolute atomic E-state index is 13.2. The van der Waals surface area contributed by atoms with Gasteiger partial charge in [0.1, 0.15) is 0 Å². The summed E-state index contributed by atoms with van der Waals surface area (Å²) in [5.74, 6) is 0.657. The maximum atomic E-state index is 13.2. The number of benzene rings is 3. The molecule has 144 valence electrons. The first kappa shape index (κ1) is 18.9. The molecule has 0 spiro atoms. The molecule has 7 heteroatoms. The smallest absolute Gasteiger partial charge is 0.268 e. The first-order chi connectivity index (χ1) is 14.0. The van der Waals surface area contributed by atoms with Crippen LogP contribution in [0, 0.1) is 17.0 Å². The van der Waals surface area contributed by atoms with E-state index in [-0.39, 0.29) is 11.2 Å². The Labute approximate surface area is 171 Å². The van der Waals surface area contributed by atoms with Gasteiger partial charge in [0.05, 0.1) is 21.5 Å². The Hall–Kier alpha value is -3.45. The number of aryl methyl sites for hydroxylation is 1. The monoisotopic (exact) mass is 403 g/mol. The number of hydrogen-bond acceptors (Lipinski definition) is 5. The maximum Gasteiger partial charge on any atom is 0.269 e. The molecule has 1 aromatic heterocycles. The number of nitro benzene ring substituents is 1. The summed E-state index contributed by atoms with van der Waals surface area (Å²) in [5.41, 5.74) is 3.29. The number of aromatic nitrogens is 2. The highest BCUT2D eigenvalue weighted by Gasteiger charge is 2.15. The number of rotatable bonds is 5. The quantitative estimate of drug-likeness (QED) is 0.205. The van der Waals surface area contributed by atoms with Crippen molar-refractivity contribution in [3.8, 4) is 5.69 Å². The lowest BCUT2D eigenvalue weighted by Crippen LogP contribution is -2.21. The SMILES string of the molecule is Cc1ccccc1CSc1nc2ccccc2c(=O)n1-c1ccc([N+](=O)[O-])cc1. The van der Waals surface area contributed by atoms with Crippen molar-refractivity contribution in [3.63, 3.8) is 0 Å². The van der Waals surface area contributed by atoms with E-state index in [0.717, 1.165) is 5.56 Å². The third-order valence-electron chi connectivity index (χ3n) is 4.68. The van der Waals surface area contributed by atoms with Crippen molar-refractivity contribution in [2.45, 2.75) is 17.8 Å². The van der Waals surface area contributed by atoms with E-state index in [1.54, 1.807) is 24.3 Å². The van der Waals surface area contributed by atoms with Crippen LogP contribution in [0.2, 0.25) is 0 Å². The zero-order valence-corrected chi connectivity index (χ0v) is 16.4. The highest BCUT2D eigenvalue weighted by atomic mass is 32.2. The highest BCUT2D eigenvalue weighted by Crippen LogP contribution is 2.26. The van der Waals surface area contributed by atoms with Crippen molar-refractivity contribution in [1.29, 1.82) is 0 Å². The van der Waals surface area contributed by atoms with Gasteiger partial charge in [0, 0.05) is 17.9 Å². The minimum Gasteiger partial charge on any atom is -0.268 e. The first-order valence-corrected chi connectivity index (χ1v) is 9.97. The van der Waals surface area contributed by atoms with Gasteiger partial charge >= 0.3 is 0 Å². The lowest BCUT2D eigenvalue weighted by Gasteiger charge is -2.13. The van der Waals surface area contributed by atoms with Gasteiger partial charge in [0.15, 0.2) is 5.16 Å². The predicted molar refractivity (Wildman–Crippen MR) is 115 cm³/mol. The van der Waals surface area contributed by atoms with E-state index in [4.69, 9.17) is 4.98 Å². The second-order valence-corrected chi connectivity index (χ2v) is 7.48. The number of thioether (sulfide) groups is 1. The van der Waals surface area contributed by atoms with Crippen LogP contribution < -0.4 is 5.56 Å². The fourth-order valence-corrected chi connectivity index (χ4v) is 4.16. The Kier molecular flexibility index (Phi) is 5.14. The van der Waals surface area contributed by atoms with Crippen LogP contribution in [0.5, 0.6) is 0 Å². The van der Waals surface area contributed by atoms with E-state index in [2.05, 4.69) is 6.07 Å². The molecular formula is C22H17N3O3S. The van der Waals surface area contributed by atoms with Gasteiger partial charge in [-0.05, 0) is 42.3 Å². The Morgan fingerprint density at radius 1 is 1.00 bits per heavy atom. The zero-order valence-electron chi connectivity index (χ0n) is 15.6. The number of para-hydroxylation sites is 1. The average molecular weight is 403 g/mol. The Morgan fingerprint density at radius 3 is 2.41 bits per heavy atom. The predicted octanol–water partition coefficient (Wildman–Crippen LogP) is 4.89. The van der Waals surface area contributed by atoms with E-state index >= 15 is 0 Å². The summed E-state index contributed by atoms with van der Waals surface area (Å²) in [6.45, 7) is 2.05. The number of non-ortho nitro benzene ring substituents is 1. The van der Waals surface area contributed by atoms with Gasteiger partial charge in [-0.3, -0.25) is 19.5 Å². The Bertz CT molecular complexity index is 1270. The molecule has 0 atom stereocenters. The molecular weight excluding hydrogens is 386 g/mol. The molecule has 0 unspecified atom stereocenters. The van der Waals surface area contributed by atoms with Crippen LogP contribution in [-0.2, 0) is 5.75 Å². The van der Waals surface area contributed by atoms with Crippen LogP contribution in [0.15, 0.2) is 82.7 Å². The molecule has 1 heterocycles. The molecule has 0 bridgehead atoms. The molecule has 0 fully saturated rings. The number of fused-ring (bicyclic) bond motifs is 1. The summed E-state index contributed by atoms with van der Waals surface area (Å²) in [5, 5.41) is 12.0. The van der Waals surface area contributed by atoms with Gasteiger partial charge in [0.25, 0.3) is 11.2 Å². The number of hydrogen-bond donors (Lipinski definition) is 0. The van der Waals surface area contributed by atoms with E-state index in [1.165, 1.54) is 34.0 Å². The van der Waals surface area contributed by atoms with E-state index < -0.39 is 4.92 Å². The molecule has 0 aliphatic rings. The molecule has 0 radical (unpaired) electrons. The third kappa shape index (κ3) is 3.77. The van der Waals surface area contributed by atoms with Crippen LogP contribution in [0.4, 0.5) is 5.69 Å². The molecule has 6 nitrogen and oxygen atoms in total. The second kappa shape index (κ2) is 7.89. The highest BCUT2D eigenvalue weighted by molar-refractivity contribution is 7.98. The first-order valence-electron chi connectivity index (χ1n) is 8.98. The van der Waals surface area contributed by atoms with E-state index in [0.29, 0.717) is 27.5 Å².